The minimum Gasteiger partial charge on any atom is -0.479 e. The van der Waals surface area contributed by atoms with Gasteiger partial charge in [-0.2, -0.15) is 0 Å². The molecule has 2 saturated carbocycles. The second kappa shape index (κ2) is 5.22. The molecule has 2 N–H and O–H groups in total. The molecule has 2 fully saturated rings. The number of hydrogen-bond acceptors (Lipinski definition) is 4. The Balaban J connectivity index is 2.56. The predicted molar refractivity (Wildman–Crippen MR) is 81.1 cm³/mol. The number of fused-ring (bicyclic) bond motifs is 1. The zero-order chi connectivity index (χ0) is 16.9. The Morgan fingerprint density at radius 3 is 2.27 bits per heavy atom. The lowest BCUT2D eigenvalue weighted by Crippen LogP contribution is -2.69. The van der Waals surface area contributed by atoms with E-state index in [-0.39, 0.29) is 23.4 Å². The van der Waals surface area contributed by atoms with Crippen molar-refractivity contribution in [3.63, 3.8) is 0 Å². The van der Waals surface area contributed by atoms with Crippen molar-refractivity contribution < 1.29 is 24.5 Å². The number of carbonyl (C=O) groups excluding carboxylic acids is 1. The molecule has 2 rings (SSSR count). The molecule has 22 heavy (non-hydrogen) atoms. The van der Waals surface area contributed by atoms with Crippen LogP contribution >= 0.6 is 0 Å². The SMILES string of the molecule is CC(=O)OC1CC(C)C(O)(C(=O)O)C2(C)CCCC(C)(C)C12. The molecule has 0 amide bonds. The van der Waals surface area contributed by atoms with Crippen molar-refractivity contribution >= 4 is 11.9 Å². The molecule has 126 valence electrons. The van der Waals surface area contributed by atoms with Crippen molar-refractivity contribution in [3.05, 3.63) is 0 Å². The van der Waals surface area contributed by atoms with E-state index in [2.05, 4.69) is 13.8 Å². The monoisotopic (exact) mass is 312 g/mol. The first-order chi connectivity index (χ1) is 9.96. The number of rotatable bonds is 2. The van der Waals surface area contributed by atoms with Gasteiger partial charge in [0.25, 0.3) is 0 Å². The molecule has 5 heteroatoms. The minimum atomic E-state index is -1.79. The van der Waals surface area contributed by atoms with Crippen LogP contribution in [0.5, 0.6) is 0 Å². The maximum absolute atomic E-state index is 11.9. The Morgan fingerprint density at radius 2 is 1.77 bits per heavy atom. The number of esters is 1. The first-order valence-electron chi connectivity index (χ1n) is 8.10. The van der Waals surface area contributed by atoms with E-state index in [1.54, 1.807) is 6.92 Å². The number of aliphatic carboxylic acids is 1. The average Bonchev–Trinajstić information content (AvgIpc) is 2.33. The Kier molecular flexibility index (Phi) is 4.10. The number of carboxylic acid groups (broad SMARTS) is 1. The van der Waals surface area contributed by atoms with Crippen molar-refractivity contribution in [2.75, 3.05) is 0 Å². The Morgan fingerprint density at radius 1 is 1.18 bits per heavy atom. The summed E-state index contributed by atoms with van der Waals surface area (Å²) < 4.78 is 5.56. The van der Waals surface area contributed by atoms with Crippen LogP contribution < -0.4 is 0 Å². The van der Waals surface area contributed by atoms with E-state index < -0.39 is 22.9 Å². The highest BCUT2D eigenvalue weighted by Gasteiger charge is 2.68. The van der Waals surface area contributed by atoms with E-state index in [9.17, 15) is 19.8 Å². The third kappa shape index (κ3) is 2.25. The number of ether oxygens (including phenoxy) is 1. The molecule has 0 bridgehead atoms. The van der Waals surface area contributed by atoms with Crippen molar-refractivity contribution in [2.24, 2.45) is 22.7 Å². The van der Waals surface area contributed by atoms with E-state index in [0.29, 0.717) is 12.8 Å². The fourth-order valence-electron chi connectivity index (χ4n) is 5.43. The molecule has 0 aromatic carbocycles. The minimum absolute atomic E-state index is 0.171. The van der Waals surface area contributed by atoms with E-state index in [0.717, 1.165) is 12.8 Å². The largest absolute Gasteiger partial charge is 0.479 e. The van der Waals surface area contributed by atoms with Gasteiger partial charge in [-0.25, -0.2) is 4.79 Å². The summed E-state index contributed by atoms with van der Waals surface area (Å²) >= 11 is 0. The third-order valence-electron chi connectivity index (χ3n) is 6.23. The second-order valence-corrected chi connectivity index (χ2v) is 8.09. The zero-order valence-corrected chi connectivity index (χ0v) is 14.2. The highest BCUT2D eigenvalue weighted by molar-refractivity contribution is 5.79. The van der Waals surface area contributed by atoms with Crippen molar-refractivity contribution in [2.45, 2.75) is 72.0 Å². The molecule has 0 heterocycles. The summed E-state index contributed by atoms with van der Waals surface area (Å²) in [7, 11) is 0. The van der Waals surface area contributed by atoms with Crippen molar-refractivity contribution in [3.8, 4) is 0 Å². The molecule has 2 aliphatic carbocycles. The van der Waals surface area contributed by atoms with Crippen LogP contribution in [0.1, 0.15) is 60.3 Å². The summed E-state index contributed by atoms with van der Waals surface area (Å²) in [5, 5.41) is 20.9. The number of carboxylic acids is 1. The first-order valence-corrected chi connectivity index (χ1v) is 8.10. The molecule has 2 aliphatic rings. The molecular formula is C17H28O5. The van der Waals surface area contributed by atoms with Crippen LogP contribution in [0, 0.1) is 22.7 Å². The van der Waals surface area contributed by atoms with Gasteiger partial charge in [-0.3, -0.25) is 4.79 Å². The van der Waals surface area contributed by atoms with Crippen molar-refractivity contribution in [1.29, 1.82) is 0 Å². The standard InChI is InChI=1S/C17H28O5/c1-10-9-12(22-11(2)18)13-15(3,4)7-6-8-16(13,5)17(10,21)14(19)20/h10,12-13,21H,6-9H2,1-5H3,(H,19,20). The van der Waals surface area contributed by atoms with Gasteiger partial charge >= 0.3 is 11.9 Å². The first kappa shape index (κ1) is 17.3. The van der Waals surface area contributed by atoms with Gasteiger partial charge in [0.15, 0.2) is 5.60 Å². The highest BCUT2D eigenvalue weighted by atomic mass is 16.5. The fourth-order valence-corrected chi connectivity index (χ4v) is 5.43. The van der Waals surface area contributed by atoms with Crippen LogP contribution in [0.25, 0.3) is 0 Å². The van der Waals surface area contributed by atoms with E-state index >= 15 is 0 Å². The summed E-state index contributed by atoms with van der Waals surface area (Å²) in [5.41, 5.74) is -2.78. The van der Waals surface area contributed by atoms with Crippen LogP contribution in [-0.2, 0) is 14.3 Å². The third-order valence-corrected chi connectivity index (χ3v) is 6.23. The number of carbonyl (C=O) groups is 2. The maximum atomic E-state index is 11.9. The average molecular weight is 312 g/mol. The van der Waals surface area contributed by atoms with Gasteiger partial charge in [0.1, 0.15) is 6.10 Å². The molecular weight excluding hydrogens is 284 g/mol. The lowest BCUT2D eigenvalue weighted by Gasteiger charge is -2.62. The van der Waals surface area contributed by atoms with Crippen LogP contribution in [-0.4, -0.2) is 33.9 Å². The molecule has 0 spiro atoms. The summed E-state index contributed by atoms with van der Waals surface area (Å²) in [6.07, 6.45) is 2.48. The van der Waals surface area contributed by atoms with E-state index in [1.165, 1.54) is 6.92 Å². The Labute approximate surface area is 132 Å². The van der Waals surface area contributed by atoms with Crippen LogP contribution in [0.2, 0.25) is 0 Å². The summed E-state index contributed by atoms with van der Waals surface area (Å²) in [6, 6.07) is 0. The number of hydrogen-bond donors (Lipinski definition) is 2. The van der Waals surface area contributed by atoms with Gasteiger partial charge in [0.05, 0.1) is 0 Å². The van der Waals surface area contributed by atoms with Crippen molar-refractivity contribution in [1.82, 2.24) is 0 Å². The fraction of sp³-hybridized carbons (Fsp3) is 0.882. The summed E-state index contributed by atoms with van der Waals surface area (Å²) in [5.74, 6) is -2.15. The van der Waals surface area contributed by atoms with E-state index in [4.69, 9.17) is 4.74 Å². The van der Waals surface area contributed by atoms with Gasteiger partial charge in [-0.15, -0.1) is 0 Å². The second-order valence-electron chi connectivity index (χ2n) is 8.09. The topological polar surface area (TPSA) is 83.8 Å². The van der Waals surface area contributed by atoms with Gasteiger partial charge in [-0.05, 0) is 30.6 Å². The maximum Gasteiger partial charge on any atom is 0.336 e. The predicted octanol–water partition coefficient (Wildman–Crippen LogP) is 2.61. The van der Waals surface area contributed by atoms with Gasteiger partial charge in [0.2, 0.25) is 0 Å². The molecule has 0 aromatic heterocycles. The Bertz CT molecular complexity index is 485. The van der Waals surface area contributed by atoms with Gasteiger partial charge in [-0.1, -0.05) is 34.1 Å². The number of aliphatic hydroxyl groups is 1. The molecule has 0 aliphatic heterocycles. The summed E-state index contributed by atoms with van der Waals surface area (Å²) in [6.45, 7) is 9.16. The molecule has 5 unspecified atom stereocenters. The summed E-state index contributed by atoms with van der Waals surface area (Å²) in [4.78, 5) is 23.4. The van der Waals surface area contributed by atoms with Gasteiger partial charge in [0, 0.05) is 18.3 Å². The lowest BCUT2D eigenvalue weighted by molar-refractivity contribution is -0.249. The lowest BCUT2D eigenvalue weighted by atomic mass is 9.44. The molecule has 0 saturated heterocycles. The Hall–Kier alpha value is -1.10. The van der Waals surface area contributed by atoms with Gasteiger partial charge < -0.3 is 14.9 Å². The molecule has 5 atom stereocenters. The van der Waals surface area contributed by atoms with Crippen LogP contribution in [0.3, 0.4) is 0 Å². The highest BCUT2D eigenvalue weighted by Crippen LogP contribution is 2.63. The molecule has 5 nitrogen and oxygen atoms in total. The van der Waals surface area contributed by atoms with Crippen LogP contribution in [0.15, 0.2) is 0 Å². The van der Waals surface area contributed by atoms with E-state index in [1.807, 2.05) is 6.92 Å². The normalized spacial score (nSPS) is 44.0. The smallest absolute Gasteiger partial charge is 0.336 e. The molecule has 0 aromatic rings. The molecule has 0 radical (unpaired) electrons. The van der Waals surface area contributed by atoms with Crippen LogP contribution in [0.4, 0.5) is 0 Å². The quantitative estimate of drug-likeness (QED) is 0.766. The zero-order valence-electron chi connectivity index (χ0n) is 14.2.